The van der Waals surface area contributed by atoms with Crippen LogP contribution in [0.25, 0.3) is 0 Å². The monoisotopic (exact) mass is 281 g/mol. The molecular formula is C15H23NO4. The highest BCUT2D eigenvalue weighted by Crippen LogP contribution is 2.47. The first-order chi connectivity index (χ1) is 9.14. The van der Waals surface area contributed by atoms with Gasteiger partial charge in [-0.15, -0.1) is 0 Å². The van der Waals surface area contributed by atoms with E-state index in [-0.39, 0.29) is 24.2 Å². The molecule has 0 spiro atoms. The minimum absolute atomic E-state index is 0.0569. The summed E-state index contributed by atoms with van der Waals surface area (Å²) in [7, 11) is 0. The van der Waals surface area contributed by atoms with Crippen molar-refractivity contribution in [2.45, 2.75) is 59.4 Å². The lowest BCUT2D eigenvalue weighted by atomic mass is 9.77. The zero-order valence-corrected chi connectivity index (χ0v) is 12.6. The van der Waals surface area contributed by atoms with Gasteiger partial charge in [0.05, 0.1) is 16.9 Å². The predicted octanol–water partition coefficient (Wildman–Crippen LogP) is 2.05. The number of carbonyl (C=O) groups excluding carboxylic acids is 2. The molecule has 2 amide bonds. The van der Waals surface area contributed by atoms with E-state index in [0.717, 1.165) is 6.42 Å². The zero-order valence-electron chi connectivity index (χ0n) is 12.6. The Morgan fingerprint density at radius 2 is 1.95 bits per heavy atom. The molecule has 5 nitrogen and oxygen atoms in total. The van der Waals surface area contributed by atoms with Gasteiger partial charge < -0.3 is 5.11 Å². The number of likely N-dealkylation sites (tertiary alicyclic amines) is 1. The molecule has 112 valence electrons. The van der Waals surface area contributed by atoms with Crippen LogP contribution in [0.2, 0.25) is 0 Å². The van der Waals surface area contributed by atoms with Crippen LogP contribution in [0.4, 0.5) is 0 Å². The summed E-state index contributed by atoms with van der Waals surface area (Å²) in [6.45, 7) is 7.32. The molecule has 3 unspecified atom stereocenters. The number of hydrogen-bond acceptors (Lipinski definition) is 3. The number of hydrogen-bond donors (Lipinski definition) is 1. The molecule has 0 aromatic rings. The van der Waals surface area contributed by atoms with E-state index in [1.807, 2.05) is 20.8 Å². The van der Waals surface area contributed by atoms with Gasteiger partial charge in [-0.25, -0.2) is 0 Å². The fourth-order valence-electron chi connectivity index (χ4n) is 3.44. The highest BCUT2D eigenvalue weighted by Gasteiger charge is 2.58. The molecule has 0 aromatic carbocycles. The average Bonchev–Trinajstić information content (AvgIpc) is 2.81. The van der Waals surface area contributed by atoms with Gasteiger partial charge in [-0.2, -0.15) is 0 Å². The van der Waals surface area contributed by atoms with Crippen LogP contribution in [0.3, 0.4) is 0 Å². The first-order valence-corrected chi connectivity index (χ1v) is 7.24. The first-order valence-electron chi connectivity index (χ1n) is 7.24. The van der Waals surface area contributed by atoms with E-state index in [1.54, 1.807) is 6.92 Å². The van der Waals surface area contributed by atoms with Gasteiger partial charge in [-0.3, -0.25) is 19.3 Å². The van der Waals surface area contributed by atoms with Crippen molar-refractivity contribution in [1.82, 2.24) is 4.90 Å². The molecule has 0 radical (unpaired) electrons. The van der Waals surface area contributed by atoms with Gasteiger partial charge in [-0.1, -0.05) is 20.3 Å². The summed E-state index contributed by atoms with van der Waals surface area (Å²) >= 11 is 0. The van der Waals surface area contributed by atoms with Crippen molar-refractivity contribution in [3.05, 3.63) is 0 Å². The first kappa shape index (κ1) is 15.0. The van der Waals surface area contributed by atoms with Gasteiger partial charge in [0.15, 0.2) is 0 Å². The van der Waals surface area contributed by atoms with Crippen molar-refractivity contribution in [1.29, 1.82) is 0 Å². The molecule has 2 rings (SSSR count). The molecule has 1 aliphatic carbocycles. The number of carboxylic acid groups (broad SMARTS) is 1. The lowest BCUT2D eigenvalue weighted by Crippen LogP contribution is -2.51. The molecule has 1 saturated carbocycles. The Hall–Kier alpha value is -1.39. The molecule has 1 aliphatic heterocycles. The second-order valence-corrected chi connectivity index (χ2v) is 6.95. The van der Waals surface area contributed by atoms with Crippen LogP contribution in [-0.2, 0) is 14.4 Å². The number of imide groups is 1. The van der Waals surface area contributed by atoms with Crippen LogP contribution >= 0.6 is 0 Å². The van der Waals surface area contributed by atoms with Crippen molar-refractivity contribution >= 4 is 17.8 Å². The Morgan fingerprint density at radius 1 is 1.35 bits per heavy atom. The van der Waals surface area contributed by atoms with Gasteiger partial charge in [0.1, 0.15) is 0 Å². The van der Waals surface area contributed by atoms with Crippen LogP contribution in [0.1, 0.15) is 53.4 Å². The van der Waals surface area contributed by atoms with E-state index in [9.17, 15) is 19.5 Å². The highest BCUT2D eigenvalue weighted by atomic mass is 16.4. The van der Waals surface area contributed by atoms with Crippen molar-refractivity contribution < 1.29 is 19.5 Å². The van der Waals surface area contributed by atoms with Crippen molar-refractivity contribution in [3.63, 3.8) is 0 Å². The van der Waals surface area contributed by atoms with Crippen LogP contribution < -0.4 is 0 Å². The van der Waals surface area contributed by atoms with Crippen LogP contribution in [0, 0.1) is 16.7 Å². The fraction of sp³-hybridized carbons (Fsp3) is 0.800. The van der Waals surface area contributed by atoms with E-state index in [0.29, 0.717) is 12.8 Å². The van der Waals surface area contributed by atoms with Crippen molar-refractivity contribution in [2.75, 3.05) is 0 Å². The topological polar surface area (TPSA) is 74.7 Å². The highest BCUT2D eigenvalue weighted by molar-refractivity contribution is 6.06. The van der Waals surface area contributed by atoms with Gasteiger partial charge in [-0.05, 0) is 32.6 Å². The molecule has 0 aromatic heterocycles. The summed E-state index contributed by atoms with van der Waals surface area (Å²) in [6, 6.07) is -0.499. The smallest absolute Gasteiger partial charge is 0.311 e. The van der Waals surface area contributed by atoms with Gasteiger partial charge in [0.2, 0.25) is 11.8 Å². The number of aliphatic carboxylic acids is 1. The molecule has 2 aliphatic rings. The standard InChI is InChI=1S/C15H23NO4/c1-9(2)15(4)8-11(17)16(12(15)18)10-6-5-7-14(10,3)13(19)20/h9-10H,5-8H2,1-4H3,(H,19,20). The summed E-state index contributed by atoms with van der Waals surface area (Å²) in [6.07, 6.45) is 2.04. The minimum Gasteiger partial charge on any atom is -0.481 e. The van der Waals surface area contributed by atoms with Gasteiger partial charge >= 0.3 is 5.97 Å². The SMILES string of the molecule is CC(C)C1(C)CC(=O)N(C2CCCC2(C)C(=O)O)C1=O. The van der Waals surface area contributed by atoms with Crippen LogP contribution in [0.15, 0.2) is 0 Å². The zero-order chi connectivity index (χ0) is 15.3. The average molecular weight is 281 g/mol. The Labute approximate surface area is 119 Å². The molecule has 5 heteroatoms. The van der Waals surface area contributed by atoms with Crippen LogP contribution in [-0.4, -0.2) is 33.8 Å². The van der Waals surface area contributed by atoms with E-state index < -0.39 is 22.8 Å². The molecule has 0 bridgehead atoms. The van der Waals surface area contributed by atoms with E-state index in [4.69, 9.17) is 0 Å². The quantitative estimate of drug-likeness (QED) is 0.803. The maximum Gasteiger partial charge on any atom is 0.311 e. The summed E-state index contributed by atoms with van der Waals surface area (Å²) in [5.74, 6) is -1.28. The number of nitrogens with zero attached hydrogens (tertiary/aromatic N) is 1. The van der Waals surface area contributed by atoms with E-state index >= 15 is 0 Å². The molecular weight excluding hydrogens is 258 g/mol. The molecule has 1 heterocycles. The molecule has 2 fully saturated rings. The van der Waals surface area contributed by atoms with E-state index in [1.165, 1.54) is 4.90 Å². The Morgan fingerprint density at radius 3 is 2.40 bits per heavy atom. The van der Waals surface area contributed by atoms with Gasteiger partial charge in [0.25, 0.3) is 0 Å². The second-order valence-electron chi connectivity index (χ2n) is 6.95. The fourth-order valence-corrected chi connectivity index (χ4v) is 3.44. The number of amides is 2. The van der Waals surface area contributed by atoms with Crippen LogP contribution in [0.5, 0.6) is 0 Å². The Balaban J connectivity index is 2.37. The number of carbonyl (C=O) groups is 3. The summed E-state index contributed by atoms with van der Waals surface area (Å²) in [5, 5.41) is 9.47. The second kappa shape index (κ2) is 4.57. The normalized spacial score (nSPS) is 38.0. The molecule has 20 heavy (non-hydrogen) atoms. The third-order valence-corrected chi connectivity index (χ3v) is 5.48. The van der Waals surface area contributed by atoms with Gasteiger partial charge in [0, 0.05) is 6.42 Å². The van der Waals surface area contributed by atoms with Crippen molar-refractivity contribution in [2.24, 2.45) is 16.7 Å². The van der Waals surface area contributed by atoms with E-state index in [2.05, 4.69) is 0 Å². The third-order valence-electron chi connectivity index (χ3n) is 5.48. The maximum absolute atomic E-state index is 12.7. The lowest BCUT2D eigenvalue weighted by Gasteiger charge is -2.35. The molecule has 1 N–H and O–H groups in total. The minimum atomic E-state index is -1.01. The number of rotatable bonds is 3. The molecule has 1 saturated heterocycles. The largest absolute Gasteiger partial charge is 0.481 e. The lowest BCUT2D eigenvalue weighted by molar-refractivity contribution is -0.156. The molecule has 3 atom stereocenters. The third kappa shape index (κ3) is 1.86. The predicted molar refractivity (Wildman–Crippen MR) is 72.8 cm³/mol. The Kier molecular flexibility index (Phi) is 3.43. The van der Waals surface area contributed by atoms with Crippen molar-refractivity contribution in [3.8, 4) is 0 Å². The maximum atomic E-state index is 12.7. The Bertz CT molecular complexity index is 472. The summed E-state index contributed by atoms with van der Waals surface area (Å²) in [4.78, 5) is 37.8. The summed E-state index contributed by atoms with van der Waals surface area (Å²) < 4.78 is 0. The summed E-state index contributed by atoms with van der Waals surface area (Å²) in [5.41, 5.74) is -1.70. The number of carboxylic acids is 1.